The van der Waals surface area contributed by atoms with Crippen molar-refractivity contribution >= 4 is 44.6 Å². The maximum absolute atomic E-state index is 17.7. The second-order valence-electron chi connectivity index (χ2n) is 21.6. The van der Waals surface area contributed by atoms with E-state index in [0.29, 0.717) is 23.0 Å². The Hall–Kier alpha value is -7.14. The van der Waals surface area contributed by atoms with E-state index >= 15 is 8.78 Å². The van der Waals surface area contributed by atoms with Gasteiger partial charge in [0.05, 0.1) is 0 Å². The van der Waals surface area contributed by atoms with Gasteiger partial charge in [-0.05, 0) is 151 Å². The van der Waals surface area contributed by atoms with Crippen LogP contribution < -0.4 is 9.80 Å². The van der Waals surface area contributed by atoms with Gasteiger partial charge >= 0.3 is 0 Å². The minimum atomic E-state index is -3.45. The number of nitrogens with zero attached hydrogens (tertiary/aromatic N) is 4. The number of benzene rings is 8. The summed E-state index contributed by atoms with van der Waals surface area (Å²) in [4.78, 5) is 9.27. The van der Waals surface area contributed by atoms with Crippen LogP contribution in [0.5, 0.6) is 0 Å². The summed E-state index contributed by atoms with van der Waals surface area (Å²) in [5.74, 6) is -0.0813. The summed E-state index contributed by atoms with van der Waals surface area (Å²) in [6, 6.07) is 68.0. The van der Waals surface area contributed by atoms with Gasteiger partial charge in [0.15, 0.2) is 0 Å². The molecular weight excluding hydrogens is 1110 g/mol. The third kappa shape index (κ3) is 7.48. The summed E-state index contributed by atoms with van der Waals surface area (Å²) in [6.07, 6.45) is 8.31. The standard InChI is InChI=1S/C68H55F2N4.Pt/c1-43-32-53(33-44(2)45(43)3)67(54-35-46-34-47(37-54)38-55(67)36-46)50-30-31-71-65(41-50)74-61-25-11-10-22-59(61)60-29-28-52(40-64(60)74)68(69,70)51-20-14-21-56(39-51)72-42-73(63-27-13-12-26-62(63)72)66-57(48-16-6-4-7-17-48)23-15-24-58(66)49-18-8-5-9-19-49;/h4-33,41-42,46-47,54-55H,34-38H2,1-3H3;/q-3;. The van der Waals surface area contributed by atoms with E-state index in [4.69, 9.17) is 4.98 Å². The van der Waals surface area contributed by atoms with Gasteiger partial charge in [-0.2, -0.15) is 36.4 Å². The van der Waals surface area contributed by atoms with Crippen LogP contribution >= 0.6 is 0 Å². The van der Waals surface area contributed by atoms with Gasteiger partial charge in [0, 0.05) is 66.4 Å². The molecule has 4 saturated carbocycles. The zero-order valence-corrected chi connectivity index (χ0v) is 44.5. The topological polar surface area (TPSA) is 24.3 Å². The number of pyridine rings is 1. The molecule has 0 unspecified atom stereocenters. The summed E-state index contributed by atoms with van der Waals surface area (Å²) in [5.41, 5.74) is 15.2. The molecule has 3 heterocycles. The van der Waals surface area contributed by atoms with E-state index < -0.39 is 5.92 Å². The van der Waals surface area contributed by atoms with E-state index in [0.717, 1.165) is 73.3 Å². The fourth-order valence-electron chi connectivity index (χ4n) is 14.3. The molecule has 15 rings (SSSR count). The summed E-state index contributed by atoms with van der Waals surface area (Å²) in [7, 11) is 0. The van der Waals surface area contributed by atoms with Crippen molar-refractivity contribution in [2.24, 2.45) is 23.7 Å². The number of fused-ring (bicyclic) bond motifs is 4. The molecule has 7 heteroatoms. The molecule has 0 amide bonds. The van der Waals surface area contributed by atoms with Crippen molar-refractivity contribution in [2.75, 3.05) is 9.80 Å². The maximum Gasteiger partial charge on any atom is 0.254 e. The quantitative estimate of drug-likeness (QED) is 0.135. The Kier molecular flexibility index (Phi) is 11.6. The van der Waals surface area contributed by atoms with Crippen molar-refractivity contribution in [1.29, 1.82) is 0 Å². The third-order valence-corrected chi connectivity index (χ3v) is 17.7. The molecule has 75 heavy (non-hydrogen) atoms. The zero-order chi connectivity index (χ0) is 49.9. The number of rotatable bonds is 9. The van der Waals surface area contributed by atoms with Crippen LogP contribution in [0.3, 0.4) is 0 Å². The van der Waals surface area contributed by atoms with Crippen LogP contribution in [0.2, 0.25) is 0 Å². The smallest absolute Gasteiger partial charge is 0.254 e. The molecule has 5 aliphatic rings. The van der Waals surface area contributed by atoms with Crippen LogP contribution in [0.4, 0.5) is 31.5 Å². The van der Waals surface area contributed by atoms with Crippen molar-refractivity contribution in [3.8, 4) is 28.1 Å². The molecule has 0 radical (unpaired) electrons. The Morgan fingerprint density at radius 2 is 1.15 bits per heavy atom. The van der Waals surface area contributed by atoms with Gasteiger partial charge in [0.25, 0.3) is 5.92 Å². The van der Waals surface area contributed by atoms with Gasteiger partial charge in [-0.15, -0.1) is 23.8 Å². The van der Waals surface area contributed by atoms with E-state index in [1.54, 1.807) is 12.1 Å². The number of aryl methyl sites for hydroxylation is 2. The average Bonchev–Trinajstić information content (AvgIpc) is 4.07. The van der Waals surface area contributed by atoms with Crippen LogP contribution in [0.15, 0.2) is 188 Å². The zero-order valence-electron chi connectivity index (χ0n) is 42.2. The van der Waals surface area contributed by atoms with Gasteiger partial charge in [0.2, 0.25) is 0 Å². The normalized spacial score (nSPS) is 20.7. The monoisotopic (exact) mass is 1160 g/mol. The maximum atomic E-state index is 17.7. The molecular formula is C68H55F2N4Pt-3. The second kappa shape index (κ2) is 18.3. The largest absolute Gasteiger partial charge is 0.493 e. The van der Waals surface area contributed by atoms with Gasteiger partial charge in [-0.1, -0.05) is 138 Å². The first kappa shape index (κ1) is 47.6. The SMILES string of the molecule is Cc1cc(C2(c3ccnc(-n4c5[c-]c(C(F)(F)c6[c-]c(N7[CH-]N(c8c(-c9ccccc9)cccc8-c8ccccc8)c8ccccc87)ccc6)ccc5c5ccccc54)c3)C3CC4CC(C3)CC2C4)cc(C)c1C.[Pt]. The fourth-order valence-corrected chi connectivity index (χ4v) is 14.3. The van der Waals surface area contributed by atoms with Gasteiger partial charge in [-0.25, -0.2) is 13.8 Å². The number of halogens is 2. The first-order valence-corrected chi connectivity index (χ1v) is 26.3. The minimum Gasteiger partial charge on any atom is -0.493 e. The van der Waals surface area contributed by atoms with Crippen molar-refractivity contribution in [3.63, 3.8) is 0 Å². The van der Waals surface area contributed by atoms with E-state index in [1.807, 2.05) is 72.4 Å². The molecule has 8 aromatic carbocycles. The molecule has 4 nitrogen and oxygen atoms in total. The van der Waals surface area contributed by atoms with E-state index in [-0.39, 0.29) is 37.6 Å². The van der Waals surface area contributed by atoms with Crippen molar-refractivity contribution < 1.29 is 29.8 Å². The number of anilines is 4. The van der Waals surface area contributed by atoms with Crippen LogP contribution in [0.1, 0.15) is 71.0 Å². The molecule has 1 aliphatic heterocycles. The molecule has 10 aromatic rings. The third-order valence-electron chi connectivity index (χ3n) is 17.7. The Bertz CT molecular complexity index is 3720. The number of alkyl halides is 2. The molecule has 0 atom stereocenters. The summed E-state index contributed by atoms with van der Waals surface area (Å²) in [6.45, 7) is 8.77. The molecule has 0 spiro atoms. The number of aromatic nitrogens is 2. The molecule has 0 N–H and O–H groups in total. The Labute approximate surface area is 453 Å². The molecule has 4 fully saturated rings. The Morgan fingerprint density at radius 1 is 0.560 bits per heavy atom. The van der Waals surface area contributed by atoms with Crippen LogP contribution in [0, 0.1) is 63.2 Å². The fraction of sp³-hybridized carbons (Fsp3) is 0.206. The number of hydrogen-bond acceptors (Lipinski definition) is 3. The molecule has 2 aromatic heterocycles. The van der Waals surface area contributed by atoms with Gasteiger partial charge in [0.1, 0.15) is 5.82 Å². The molecule has 4 aliphatic carbocycles. The second-order valence-corrected chi connectivity index (χ2v) is 21.6. The van der Waals surface area contributed by atoms with E-state index in [1.165, 1.54) is 66.0 Å². The van der Waals surface area contributed by atoms with E-state index in [9.17, 15) is 0 Å². The van der Waals surface area contributed by atoms with Crippen molar-refractivity contribution in [1.82, 2.24) is 9.55 Å². The predicted octanol–water partition coefficient (Wildman–Crippen LogP) is 17.3. The Balaban J connectivity index is 0.00000541. The van der Waals surface area contributed by atoms with Crippen LogP contribution in [-0.2, 0) is 32.4 Å². The summed E-state index contributed by atoms with van der Waals surface area (Å²) in [5, 5.41) is 1.83. The van der Waals surface area contributed by atoms with Crippen molar-refractivity contribution in [3.05, 3.63) is 246 Å². The number of hydrogen-bond donors (Lipinski definition) is 0. The average molecular weight is 1160 g/mol. The molecule has 4 bridgehead atoms. The van der Waals surface area contributed by atoms with Gasteiger partial charge < -0.3 is 14.4 Å². The minimum absolute atomic E-state index is 0. The first-order valence-electron chi connectivity index (χ1n) is 26.3. The summed E-state index contributed by atoms with van der Waals surface area (Å²) >= 11 is 0. The molecule has 0 saturated heterocycles. The van der Waals surface area contributed by atoms with Gasteiger partial charge in [-0.3, -0.25) is 0 Å². The molecule has 374 valence electrons. The van der Waals surface area contributed by atoms with E-state index in [2.05, 4.69) is 152 Å². The van der Waals surface area contributed by atoms with Crippen LogP contribution in [0.25, 0.3) is 49.9 Å². The first-order chi connectivity index (χ1) is 36.1. The van der Waals surface area contributed by atoms with Crippen molar-refractivity contribution in [2.45, 2.75) is 64.2 Å². The number of para-hydroxylation sites is 4. The Morgan fingerprint density at radius 3 is 1.81 bits per heavy atom. The summed E-state index contributed by atoms with van der Waals surface area (Å²) < 4.78 is 37.4. The van der Waals surface area contributed by atoms with Crippen LogP contribution in [-0.4, -0.2) is 9.55 Å². The predicted molar refractivity (Wildman–Crippen MR) is 296 cm³/mol.